The number of aryl methyl sites for hydroxylation is 1. The van der Waals surface area contributed by atoms with E-state index in [0.29, 0.717) is 5.56 Å². The van der Waals surface area contributed by atoms with E-state index in [2.05, 4.69) is 10.6 Å². The number of anilines is 1. The van der Waals surface area contributed by atoms with E-state index >= 15 is 0 Å². The van der Waals surface area contributed by atoms with Crippen LogP contribution in [0.5, 0.6) is 0 Å². The number of hydrogen-bond acceptors (Lipinski definition) is 3. The summed E-state index contributed by atoms with van der Waals surface area (Å²) >= 11 is 0. The summed E-state index contributed by atoms with van der Waals surface area (Å²) in [5, 5.41) is 5.49. The Morgan fingerprint density at radius 2 is 2.05 bits per heavy atom. The molecular weight excluding hydrogens is 252 g/mol. The molecule has 0 unspecified atom stereocenters. The van der Waals surface area contributed by atoms with Crippen LogP contribution in [-0.2, 0) is 4.79 Å². The van der Waals surface area contributed by atoms with Crippen molar-refractivity contribution in [2.75, 3.05) is 38.0 Å². The third kappa shape index (κ3) is 3.48. The highest BCUT2D eigenvalue weighted by Gasteiger charge is 2.17. The average Bonchev–Trinajstić information content (AvgIpc) is 2.40. The van der Waals surface area contributed by atoms with Crippen LogP contribution in [0.25, 0.3) is 0 Å². The Labute approximate surface area is 110 Å². The Morgan fingerprint density at radius 3 is 2.74 bits per heavy atom. The van der Waals surface area contributed by atoms with Crippen LogP contribution < -0.4 is 10.6 Å². The van der Waals surface area contributed by atoms with Gasteiger partial charge < -0.3 is 10.6 Å². The summed E-state index contributed by atoms with van der Waals surface area (Å²) in [7, 11) is 0. The summed E-state index contributed by atoms with van der Waals surface area (Å²) in [6.07, 6.45) is 0. The number of amides is 1. The highest BCUT2D eigenvalue weighted by Crippen LogP contribution is 2.21. The summed E-state index contributed by atoms with van der Waals surface area (Å²) < 4.78 is 27.2. The van der Waals surface area contributed by atoms with E-state index in [1.165, 1.54) is 13.0 Å². The second-order valence-corrected chi connectivity index (χ2v) is 4.63. The largest absolute Gasteiger partial charge is 0.320 e. The molecule has 6 heteroatoms. The number of rotatable bonds is 3. The SMILES string of the molecule is Cc1ccc(F)c(NC(=O)CN2CCNCC2)c1F. The van der Waals surface area contributed by atoms with Crippen LogP contribution in [0.2, 0.25) is 0 Å². The smallest absolute Gasteiger partial charge is 0.238 e. The van der Waals surface area contributed by atoms with E-state index in [0.717, 1.165) is 32.2 Å². The molecule has 1 saturated heterocycles. The molecule has 19 heavy (non-hydrogen) atoms. The van der Waals surface area contributed by atoms with Gasteiger partial charge >= 0.3 is 0 Å². The van der Waals surface area contributed by atoms with Crippen molar-refractivity contribution in [2.24, 2.45) is 0 Å². The topological polar surface area (TPSA) is 44.4 Å². The van der Waals surface area contributed by atoms with E-state index in [4.69, 9.17) is 0 Å². The van der Waals surface area contributed by atoms with Crippen molar-refractivity contribution >= 4 is 11.6 Å². The predicted molar refractivity (Wildman–Crippen MR) is 69.0 cm³/mol. The molecule has 2 N–H and O–H groups in total. The van der Waals surface area contributed by atoms with E-state index in [1.807, 2.05) is 4.90 Å². The molecule has 1 aromatic rings. The summed E-state index contributed by atoms with van der Waals surface area (Å²) in [4.78, 5) is 13.7. The van der Waals surface area contributed by atoms with Gasteiger partial charge in [0.15, 0.2) is 5.82 Å². The average molecular weight is 269 g/mol. The number of halogens is 2. The first-order valence-electron chi connectivity index (χ1n) is 6.25. The predicted octanol–water partition coefficient (Wildman–Crippen LogP) is 1.12. The lowest BCUT2D eigenvalue weighted by atomic mass is 10.2. The van der Waals surface area contributed by atoms with Crippen LogP contribution in [-0.4, -0.2) is 43.5 Å². The maximum atomic E-state index is 13.7. The summed E-state index contributed by atoms with van der Waals surface area (Å²) in [6, 6.07) is 2.50. The normalized spacial score (nSPS) is 16.4. The molecule has 1 aromatic carbocycles. The fourth-order valence-electron chi connectivity index (χ4n) is 2.02. The van der Waals surface area contributed by atoms with Gasteiger partial charge in [0.05, 0.1) is 6.54 Å². The monoisotopic (exact) mass is 269 g/mol. The highest BCUT2D eigenvalue weighted by atomic mass is 19.1. The fourth-order valence-corrected chi connectivity index (χ4v) is 2.02. The van der Waals surface area contributed by atoms with Crippen molar-refractivity contribution in [1.29, 1.82) is 0 Å². The van der Waals surface area contributed by atoms with Gasteiger partial charge in [-0.25, -0.2) is 8.78 Å². The van der Waals surface area contributed by atoms with Crippen molar-refractivity contribution in [1.82, 2.24) is 10.2 Å². The minimum Gasteiger partial charge on any atom is -0.320 e. The first kappa shape index (κ1) is 13.9. The third-order valence-electron chi connectivity index (χ3n) is 3.13. The van der Waals surface area contributed by atoms with Crippen LogP contribution in [0.3, 0.4) is 0 Å². The van der Waals surface area contributed by atoms with Crippen LogP contribution in [0.4, 0.5) is 14.5 Å². The summed E-state index contributed by atoms with van der Waals surface area (Å²) in [5.41, 5.74) is -0.0565. The number of hydrogen-bond donors (Lipinski definition) is 2. The number of carbonyl (C=O) groups is 1. The van der Waals surface area contributed by atoms with Crippen LogP contribution in [0.15, 0.2) is 12.1 Å². The third-order valence-corrected chi connectivity index (χ3v) is 3.13. The quantitative estimate of drug-likeness (QED) is 0.864. The van der Waals surface area contributed by atoms with Gasteiger partial charge in [0.25, 0.3) is 0 Å². The number of carbonyl (C=O) groups excluding carboxylic acids is 1. The Balaban J connectivity index is 2.00. The fraction of sp³-hybridized carbons (Fsp3) is 0.462. The minimum absolute atomic E-state index is 0.147. The lowest BCUT2D eigenvalue weighted by molar-refractivity contribution is -0.117. The molecule has 0 atom stereocenters. The molecule has 1 heterocycles. The van der Waals surface area contributed by atoms with Gasteiger partial charge in [-0.2, -0.15) is 0 Å². The summed E-state index contributed by atoms with van der Waals surface area (Å²) in [5.74, 6) is -1.87. The Morgan fingerprint density at radius 1 is 1.37 bits per heavy atom. The van der Waals surface area contributed by atoms with E-state index in [-0.39, 0.29) is 12.2 Å². The molecule has 1 aliphatic heterocycles. The molecule has 0 radical (unpaired) electrons. The van der Waals surface area contributed by atoms with Gasteiger partial charge in [-0.3, -0.25) is 9.69 Å². The molecule has 0 saturated carbocycles. The maximum Gasteiger partial charge on any atom is 0.238 e. The molecule has 2 rings (SSSR count). The molecular formula is C13H17F2N3O. The zero-order chi connectivity index (χ0) is 13.8. The second-order valence-electron chi connectivity index (χ2n) is 4.63. The highest BCUT2D eigenvalue weighted by molar-refractivity contribution is 5.92. The van der Waals surface area contributed by atoms with Gasteiger partial charge in [0.2, 0.25) is 5.91 Å². The lowest BCUT2D eigenvalue weighted by Gasteiger charge is -2.26. The number of nitrogens with zero attached hydrogens (tertiary/aromatic N) is 1. The standard InChI is InChI=1S/C13H17F2N3O/c1-9-2-3-10(14)13(12(9)15)17-11(19)8-18-6-4-16-5-7-18/h2-3,16H,4-8H2,1H3,(H,17,19). The van der Waals surface area contributed by atoms with E-state index < -0.39 is 17.5 Å². The zero-order valence-corrected chi connectivity index (χ0v) is 10.8. The van der Waals surface area contributed by atoms with Crippen molar-refractivity contribution in [3.8, 4) is 0 Å². The minimum atomic E-state index is -0.753. The number of piperazine rings is 1. The van der Waals surface area contributed by atoms with Crippen molar-refractivity contribution < 1.29 is 13.6 Å². The second kappa shape index (κ2) is 6.08. The summed E-state index contributed by atoms with van der Waals surface area (Å²) in [6.45, 7) is 4.83. The molecule has 4 nitrogen and oxygen atoms in total. The first-order chi connectivity index (χ1) is 9.08. The van der Waals surface area contributed by atoms with E-state index in [9.17, 15) is 13.6 Å². The molecule has 0 spiro atoms. The van der Waals surface area contributed by atoms with Gasteiger partial charge in [-0.05, 0) is 18.6 Å². The van der Waals surface area contributed by atoms with E-state index in [1.54, 1.807) is 0 Å². The Kier molecular flexibility index (Phi) is 4.44. The van der Waals surface area contributed by atoms with Gasteiger partial charge in [-0.15, -0.1) is 0 Å². The van der Waals surface area contributed by atoms with Gasteiger partial charge in [0.1, 0.15) is 11.5 Å². The van der Waals surface area contributed by atoms with Gasteiger partial charge in [0, 0.05) is 26.2 Å². The maximum absolute atomic E-state index is 13.7. The molecule has 104 valence electrons. The van der Waals surface area contributed by atoms with Crippen LogP contribution in [0.1, 0.15) is 5.56 Å². The number of nitrogens with one attached hydrogen (secondary N) is 2. The molecule has 0 aliphatic carbocycles. The lowest BCUT2D eigenvalue weighted by Crippen LogP contribution is -2.46. The number of benzene rings is 1. The molecule has 1 aliphatic rings. The zero-order valence-electron chi connectivity index (χ0n) is 10.8. The molecule has 1 amide bonds. The van der Waals surface area contributed by atoms with Crippen LogP contribution in [0, 0.1) is 18.6 Å². The molecule has 0 aromatic heterocycles. The van der Waals surface area contributed by atoms with Crippen molar-refractivity contribution in [2.45, 2.75) is 6.92 Å². The van der Waals surface area contributed by atoms with Crippen molar-refractivity contribution in [3.63, 3.8) is 0 Å². The first-order valence-corrected chi connectivity index (χ1v) is 6.25. The Hall–Kier alpha value is -1.53. The van der Waals surface area contributed by atoms with Gasteiger partial charge in [-0.1, -0.05) is 6.07 Å². The molecule has 1 fully saturated rings. The Bertz CT molecular complexity index is 473. The van der Waals surface area contributed by atoms with Crippen molar-refractivity contribution in [3.05, 3.63) is 29.3 Å². The van der Waals surface area contributed by atoms with Crippen LogP contribution >= 0.6 is 0 Å². The molecule has 0 bridgehead atoms.